The maximum Gasteiger partial charge on any atom is 0.168 e. The van der Waals surface area contributed by atoms with E-state index in [1.807, 2.05) is 24.3 Å². The van der Waals surface area contributed by atoms with Crippen LogP contribution >= 0.6 is 15.9 Å². The van der Waals surface area contributed by atoms with Gasteiger partial charge in [0.15, 0.2) is 5.78 Å². The zero-order valence-electron chi connectivity index (χ0n) is 8.74. The van der Waals surface area contributed by atoms with Crippen molar-refractivity contribution >= 4 is 21.7 Å². The van der Waals surface area contributed by atoms with E-state index in [1.54, 1.807) is 0 Å². The number of carbonyl (C=O) groups excluding carboxylic acids is 1. The van der Waals surface area contributed by atoms with Crippen LogP contribution in [-0.4, -0.2) is 30.8 Å². The second kappa shape index (κ2) is 4.45. The van der Waals surface area contributed by atoms with Gasteiger partial charge in [0.2, 0.25) is 0 Å². The molecular formula is C12H14BrNO. The van der Waals surface area contributed by atoms with Gasteiger partial charge < -0.3 is 4.90 Å². The SMILES string of the molecule is CN1CCC(C(=O)c2ccccc2Br)C1. The zero-order valence-corrected chi connectivity index (χ0v) is 10.3. The van der Waals surface area contributed by atoms with Crippen LogP contribution in [0.4, 0.5) is 0 Å². The number of benzene rings is 1. The van der Waals surface area contributed by atoms with Crippen LogP contribution in [0.15, 0.2) is 28.7 Å². The number of hydrogen-bond donors (Lipinski definition) is 0. The van der Waals surface area contributed by atoms with Crippen LogP contribution in [0.5, 0.6) is 0 Å². The van der Waals surface area contributed by atoms with Gasteiger partial charge in [-0.25, -0.2) is 0 Å². The van der Waals surface area contributed by atoms with Crippen molar-refractivity contribution in [3.05, 3.63) is 34.3 Å². The third-order valence-corrected chi connectivity index (χ3v) is 3.59. The van der Waals surface area contributed by atoms with E-state index in [2.05, 4.69) is 27.9 Å². The van der Waals surface area contributed by atoms with Gasteiger partial charge in [-0.1, -0.05) is 34.1 Å². The Bertz CT molecular complexity index is 378. The van der Waals surface area contributed by atoms with Gasteiger partial charge in [0.1, 0.15) is 0 Å². The standard InChI is InChI=1S/C12H14BrNO/c1-14-7-6-9(8-14)12(15)10-4-2-3-5-11(10)13/h2-5,9H,6-8H2,1H3. The van der Waals surface area contributed by atoms with Gasteiger partial charge in [0.05, 0.1) is 0 Å². The van der Waals surface area contributed by atoms with E-state index in [9.17, 15) is 4.79 Å². The molecule has 1 aliphatic rings. The Morgan fingerprint density at radius 2 is 2.20 bits per heavy atom. The Balaban J connectivity index is 2.18. The first-order valence-corrected chi connectivity index (χ1v) is 5.95. The van der Waals surface area contributed by atoms with Crippen LogP contribution in [-0.2, 0) is 0 Å². The van der Waals surface area contributed by atoms with Crippen molar-refractivity contribution in [1.29, 1.82) is 0 Å². The minimum absolute atomic E-state index is 0.175. The summed E-state index contributed by atoms with van der Waals surface area (Å²) in [6.45, 7) is 1.92. The number of hydrogen-bond acceptors (Lipinski definition) is 2. The van der Waals surface area contributed by atoms with E-state index in [0.29, 0.717) is 0 Å². The van der Waals surface area contributed by atoms with Crippen molar-refractivity contribution in [3.63, 3.8) is 0 Å². The summed E-state index contributed by atoms with van der Waals surface area (Å²) in [5, 5.41) is 0. The molecule has 0 bridgehead atoms. The lowest BCUT2D eigenvalue weighted by Crippen LogP contribution is -2.20. The molecule has 1 atom stereocenters. The fourth-order valence-corrected chi connectivity index (χ4v) is 2.51. The summed E-state index contributed by atoms with van der Waals surface area (Å²) in [6, 6.07) is 7.66. The summed E-state index contributed by atoms with van der Waals surface area (Å²) in [4.78, 5) is 14.4. The highest BCUT2D eigenvalue weighted by Gasteiger charge is 2.27. The average molecular weight is 268 g/mol. The van der Waals surface area contributed by atoms with E-state index in [-0.39, 0.29) is 11.7 Å². The van der Waals surface area contributed by atoms with Crippen molar-refractivity contribution in [1.82, 2.24) is 4.90 Å². The van der Waals surface area contributed by atoms with Gasteiger partial charge in [-0.2, -0.15) is 0 Å². The second-order valence-electron chi connectivity index (χ2n) is 4.09. The maximum atomic E-state index is 12.2. The van der Waals surface area contributed by atoms with E-state index < -0.39 is 0 Å². The molecule has 0 saturated carbocycles. The predicted octanol–water partition coefficient (Wildman–Crippen LogP) is 2.58. The first kappa shape index (κ1) is 10.8. The highest BCUT2D eigenvalue weighted by molar-refractivity contribution is 9.10. The summed E-state index contributed by atoms with van der Waals surface area (Å²) >= 11 is 3.42. The third-order valence-electron chi connectivity index (χ3n) is 2.90. The summed E-state index contributed by atoms with van der Waals surface area (Å²) < 4.78 is 0.907. The van der Waals surface area contributed by atoms with Gasteiger partial charge in [0.25, 0.3) is 0 Å². The van der Waals surface area contributed by atoms with Crippen molar-refractivity contribution in [2.75, 3.05) is 20.1 Å². The molecule has 0 N–H and O–H groups in total. The molecule has 15 heavy (non-hydrogen) atoms. The normalized spacial score (nSPS) is 21.9. The van der Waals surface area contributed by atoms with Gasteiger partial charge in [-0.05, 0) is 26.1 Å². The zero-order chi connectivity index (χ0) is 10.8. The monoisotopic (exact) mass is 267 g/mol. The molecule has 1 heterocycles. The van der Waals surface area contributed by atoms with Crippen LogP contribution < -0.4 is 0 Å². The molecule has 3 heteroatoms. The third kappa shape index (κ3) is 2.29. The van der Waals surface area contributed by atoms with E-state index in [1.165, 1.54) is 0 Å². The summed E-state index contributed by atoms with van der Waals surface area (Å²) in [7, 11) is 2.06. The number of nitrogens with zero attached hydrogens (tertiary/aromatic N) is 1. The van der Waals surface area contributed by atoms with E-state index in [0.717, 1.165) is 29.5 Å². The van der Waals surface area contributed by atoms with Gasteiger partial charge >= 0.3 is 0 Å². The number of ketones is 1. The molecule has 80 valence electrons. The highest BCUT2D eigenvalue weighted by atomic mass is 79.9. The number of halogens is 1. The molecule has 1 saturated heterocycles. The van der Waals surface area contributed by atoms with Crippen LogP contribution in [0.1, 0.15) is 16.8 Å². The highest BCUT2D eigenvalue weighted by Crippen LogP contribution is 2.24. The minimum Gasteiger partial charge on any atom is -0.306 e. The molecule has 2 rings (SSSR count). The number of Topliss-reactive ketones (excluding diaryl/α,β-unsaturated/α-hetero) is 1. The molecule has 0 radical (unpaired) electrons. The lowest BCUT2D eigenvalue weighted by Gasteiger charge is -2.10. The summed E-state index contributed by atoms with van der Waals surface area (Å²) in [5.74, 6) is 0.445. The molecular weight excluding hydrogens is 254 g/mol. The van der Waals surface area contributed by atoms with Gasteiger partial charge in [-0.15, -0.1) is 0 Å². The molecule has 1 aromatic rings. The Morgan fingerprint density at radius 3 is 2.80 bits per heavy atom. The molecule has 0 aliphatic carbocycles. The van der Waals surface area contributed by atoms with Crippen LogP contribution in [0, 0.1) is 5.92 Å². The Labute approximate surface area is 98.4 Å². The Hall–Kier alpha value is -0.670. The van der Waals surface area contributed by atoms with Crippen LogP contribution in [0.25, 0.3) is 0 Å². The molecule has 1 unspecified atom stereocenters. The van der Waals surface area contributed by atoms with Crippen LogP contribution in [0.2, 0.25) is 0 Å². The van der Waals surface area contributed by atoms with Crippen LogP contribution in [0.3, 0.4) is 0 Å². The van der Waals surface area contributed by atoms with Crippen molar-refractivity contribution in [2.45, 2.75) is 6.42 Å². The lowest BCUT2D eigenvalue weighted by atomic mass is 9.97. The smallest absolute Gasteiger partial charge is 0.168 e. The molecule has 1 fully saturated rings. The summed E-state index contributed by atoms with van der Waals surface area (Å²) in [6.07, 6.45) is 0.983. The molecule has 0 aromatic heterocycles. The molecule has 1 aromatic carbocycles. The van der Waals surface area contributed by atoms with E-state index >= 15 is 0 Å². The first-order chi connectivity index (χ1) is 7.18. The number of rotatable bonds is 2. The maximum absolute atomic E-state index is 12.2. The number of carbonyl (C=O) groups is 1. The van der Waals surface area contributed by atoms with E-state index in [4.69, 9.17) is 0 Å². The Morgan fingerprint density at radius 1 is 1.47 bits per heavy atom. The molecule has 0 amide bonds. The lowest BCUT2D eigenvalue weighted by molar-refractivity contribution is 0.0924. The Kier molecular flexibility index (Phi) is 3.22. The summed E-state index contributed by atoms with van der Waals surface area (Å²) in [5.41, 5.74) is 0.817. The molecule has 0 spiro atoms. The second-order valence-corrected chi connectivity index (χ2v) is 4.95. The first-order valence-electron chi connectivity index (χ1n) is 5.16. The van der Waals surface area contributed by atoms with Gasteiger partial charge in [-0.3, -0.25) is 4.79 Å². The fourth-order valence-electron chi connectivity index (χ4n) is 2.03. The van der Waals surface area contributed by atoms with Gasteiger partial charge in [0, 0.05) is 22.5 Å². The number of likely N-dealkylation sites (tertiary alicyclic amines) is 1. The average Bonchev–Trinajstić information content (AvgIpc) is 2.65. The molecule has 1 aliphatic heterocycles. The predicted molar refractivity (Wildman–Crippen MR) is 64.1 cm³/mol. The van der Waals surface area contributed by atoms with Crippen molar-refractivity contribution < 1.29 is 4.79 Å². The minimum atomic E-state index is 0.175. The van der Waals surface area contributed by atoms with Crippen molar-refractivity contribution in [3.8, 4) is 0 Å². The molecule has 2 nitrogen and oxygen atoms in total. The largest absolute Gasteiger partial charge is 0.306 e. The topological polar surface area (TPSA) is 20.3 Å². The van der Waals surface area contributed by atoms with Crippen molar-refractivity contribution in [2.24, 2.45) is 5.92 Å². The fraction of sp³-hybridized carbons (Fsp3) is 0.417. The quantitative estimate of drug-likeness (QED) is 0.768.